The summed E-state index contributed by atoms with van der Waals surface area (Å²) in [6.07, 6.45) is 14.0. The average molecular weight is 540 g/mol. The highest BCUT2D eigenvalue weighted by Crippen LogP contribution is 2.27. The zero-order chi connectivity index (χ0) is 29.0. The van der Waals surface area contributed by atoms with Crippen molar-refractivity contribution in [3.63, 3.8) is 0 Å². The predicted molar refractivity (Wildman–Crippen MR) is 156 cm³/mol. The van der Waals surface area contributed by atoms with Gasteiger partial charge in [0.15, 0.2) is 0 Å². The Kier molecular flexibility index (Phi) is 12.8. The molecule has 1 saturated carbocycles. The molecule has 1 aromatic rings. The van der Waals surface area contributed by atoms with Gasteiger partial charge in [-0.05, 0) is 63.6 Å². The van der Waals surface area contributed by atoms with E-state index in [0.29, 0.717) is 17.7 Å². The molecule has 0 heterocycles. The Bertz CT molecular complexity index is 969. The van der Waals surface area contributed by atoms with Gasteiger partial charge < -0.3 is 20.3 Å². The second-order valence-corrected chi connectivity index (χ2v) is 12.0. The Morgan fingerprint density at radius 1 is 1.05 bits per heavy atom. The highest BCUT2D eigenvalue weighted by Gasteiger charge is 2.38. The molecule has 2 rings (SSSR count). The number of terminal acetylenes is 1. The van der Waals surface area contributed by atoms with E-state index in [9.17, 15) is 14.4 Å². The lowest BCUT2D eigenvalue weighted by molar-refractivity contribution is -0.143. The molecule has 1 aromatic carbocycles. The van der Waals surface area contributed by atoms with Gasteiger partial charge in [-0.1, -0.05) is 77.3 Å². The van der Waals surface area contributed by atoms with Crippen LogP contribution in [0, 0.1) is 18.3 Å². The maximum Gasteiger partial charge on any atom is 0.408 e. The summed E-state index contributed by atoms with van der Waals surface area (Å²) in [7, 11) is 0. The molecule has 2 atom stereocenters. The van der Waals surface area contributed by atoms with E-state index in [0.717, 1.165) is 51.4 Å². The molecule has 1 aliphatic rings. The molecule has 2 N–H and O–H groups in total. The Morgan fingerprint density at radius 2 is 1.69 bits per heavy atom. The molecule has 0 radical (unpaired) electrons. The molecule has 39 heavy (non-hydrogen) atoms. The maximum atomic E-state index is 14.2. The van der Waals surface area contributed by atoms with Gasteiger partial charge in [0.25, 0.3) is 0 Å². The SMILES string of the molecule is C#Cc1ccc(C(C(=O)NC2CCCCC2)N(CCCCCC)C(=O)C(NC(=O)OC(C)(C)C)C(C)C)cc1. The summed E-state index contributed by atoms with van der Waals surface area (Å²) < 4.78 is 5.46. The highest BCUT2D eigenvalue weighted by atomic mass is 16.6. The van der Waals surface area contributed by atoms with Crippen molar-refractivity contribution in [2.75, 3.05) is 6.54 Å². The van der Waals surface area contributed by atoms with E-state index in [1.54, 1.807) is 37.8 Å². The van der Waals surface area contributed by atoms with Crippen molar-refractivity contribution in [3.05, 3.63) is 35.4 Å². The van der Waals surface area contributed by atoms with E-state index in [1.807, 2.05) is 26.0 Å². The van der Waals surface area contributed by atoms with Crippen molar-refractivity contribution in [1.29, 1.82) is 0 Å². The van der Waals surface area contributed by atoms with Crippen LogP contribution in [0.2, 0.25) is 0 Å². The number of nitrogens with one attached hydrogen (secondary N) is 2. The number of rotatable bonds is 12. The normalized spacial score (nSPS) is 15.6. The van der Waals surface area contributed by atoms with Gasteiger partial charge in [0.2, 0.25) is 11.8 Å². The smallest absolute Gasteiger partial charge is 0.408 e. The lowest BCUT2D eigenvalue weighted by Gasteiger charge is -2.36. The molecule has 1 aliphatic carbocycles. The van der Waals surface area contributed by atoms with Crippen molar-refractivity contribution in [3.8, 4) is 12.3 Å². The Labute approximate surface area is 235 Å². The van der Waals surface area contributed by atoms with Crippen LogP contribution in [0.5, 0.6) is 0 Å². The standard InChI is InChI=1S/C32H49N3O4/c1-8-10-11-15-22-35(30(37)27(23(3)4)34-31(38)39-32(5,6)7)28(25-20-18-24(9-2)19-21-25)29(36)33-26-16-13-12-14-17-26/h2,18-21,23,26-28H,8,10-17,22H2,1,3-7H3,(H,33,36)(H,34,38). The fourth-order valence-corrected chi connectivity index (χ4v) is 4.96. The summed E-state index contributed by atoms with van der Waals surface area (Å²) in [6.45, 7) is 11.6. The molecule has 1 fully saturated rings. The quantitative estimate of drug-likeness (QED) is 0.248. The number of ether oxygens (including phenoxy) is 1. The Morgan fingerprint density at radius 3 is 2.23 bits per heavy atom. The van der Waals surface area contributed by atoms with Gasteiger partial charge in [0, 0.05) is 18.2 Å². The molecule has 7 nitrogen and oxygen atoms in total. The van der Waals surface area contributed by atoms with Crippen molar-refractivity contribution < 1.29 is 19.1 Å². The van der Waals surface area contributed by atoms with Crippen LogP contribution < -0.4 is 10.6 Å². The van der Waals surface area contributed by atoms with Crippen LogP contribution in [0.25, 0.3) is 0 Å². The zero-order valence-corrected chi connectivity index (χ0v) is 24.8. The number of nitrogens with zero attached hydrogens (tertiary/aromatic N) is 1. The third kappa shape index (κ3) is 10.6. The minimum Gasteiger partial charge on any atom is -0.444 e. The highest BCUT2D eigenvalue weighted by molar-refractivity contribution is 5.92. The number of carbonyl (C=O) groups excluding carboxylic acids is 3. The van der Waals surface area contributed by atoms with Crippen molar-refractivity contribution in [1.82, 2.24) is 15.5 Å². The van der Waals surface area contributed by atoms with E-state index in [1.165, 1.54) is 6.42 Å². The minimum absolute atomic E-state index is 0.0940. The number of alkyl carbamates (subject to hydrolysis) is 1. The van der Waals surface area contributed by atoms with E-state index >= 15 is 0 Å². The first-order chi connectivity index (χ1) is 18.5. The van der Waals surface area contributed by atoms with Crippen LogP contribution in [0.3, 0.4) is 0 Å². The molecule has 216 valence electrons. The molecular weight excluding hydrogens is 490 g/mol. The van der Waals surface area contributed by atoms with Crippen LogP contribution in [-0.4, -0.2) is 47.0 Å². The van der Waals surface area contributed by atoms with Gasteiger partial charge in [-0.2, -0.15) is 0 Å². The molecule has 0 aliphatic heterocycles. The predicted octanol–water partition coefficient (Wildman–Crippen LogP) is 6.12. The summed E-state index contributed by atoms with van der Waals surface area (Å²) in [5.41, 5.74) is 0.707. The van der Waals surface area contributed by atoms with Gasteiger partial charge in [0.05, 0.1) is 0 Å². The molecule has 0 saturated heterocycles. The molecule has 0 bridgehead atoms. The molecule has 2 unspecified atom stereocenters. The summed E-state index contributed by atoms with van der Waals surface area (Å²) in [4.78, 5) is 42.5. The molecule has 0 aromatic heterocycles. The first-order valence-corrected chi connectivity index (χ1v) is 14.6. The van der Waals surface area contributed by atoms with Crippen molar-refractivity contribution in [2.45, 2.75) is 123 Å². The topological polar surface area (TPSA) is 87.7 Å². The van der Waals surface area contributed by atoms with E-state index < -0.39 is 23.8 Å². The minimum atomic E-state index is -0.846. The first kappa shape index (κ1) is 32.2. The fraction of sp³-hybridized carbons (Fsp3) is 0.656. The molecule has 7 heteroatoms. The van der Waals surface area contributed by atoms with Crippen molar-refractivity contribution in [2.24, 2.45) is 5.92 Å². The summed E-state index contributed by atoms with van der Waals surface area (Å²) in [6, 6.07) is 5.67. The van der Waals surface area contributed by atoms with Crippen LogP contribution in [0.15, 0.2) is 24.3 Å². The second kappa shape index (κ2) is 15.5. The maximum absolute atomic E-state index is 14.2. The third-order valence-electron chi connectivity index (χ3n) is 7.05. The number of hydrogen-bond acceptors (Lipinski definition) is 4. The summed E-state index contributed by atoms with van der Waals surface area (Å²) >= 11 is 0. The Balaban J connectivity index is 2.46. The summed E-state index contributed by atoms with van der Waals surface area (Å²) in [5.74, 6) is 1.92. The number of unbranched alkanes of at least 4 members (excludes halogenated alkanes) is 3. The lowest BCUT2D eigenvalue weighted by Crippen LogP contribution is -2.55. The summed E-state index contributed by atoms with van der Waals surface area (Å²) in [5, 5.41) is 6.03. The molecule has 3 amide bonds. The van der Waals surface area contributed by atoms with Crippen LogP contribution in [-0.2, 0) is 14.3 Å². The van der Waals surface area contributed by atoms with Crippen LogP contribution in [0.4, 0.5) is 4.79 Å². The van der Waals surface area contributed by atoms with Gasteiger partial charge >= 0.3 is 6.09 Å². The van der Waals surface area contributed by atoms with Crippen LogP contribution in [0.1, 0.15) is 116 Å². The first-order valence-electron chi connectivity index (χ1n) is 14.6. The van der Waals surface area contributed by atoms with Gasteiger partial charge in [0.1, 0.15) is 17.7 Å². The average Bonchev–Trinajstić information content (AvgIpc) is 2.88. The van der Waals surface area contributed by atoms with Gasteiger partial charge in [-0.25, -0.2) is 4.79 Å². The van der Waals surface area contributed by atoms with Crippen molar-refractivity contribution >= 4 is 17.9 Å². The lowest BCUT2D eigenvalue weighted by atomic mass is 9.94. The van der Waals surface area contributed by atoms with Crippen LogP contribution >= 0.6 is 0 Å². The number of benzene rings is 1. The number of hydrogen-bond donors (Lipinski definition) is 2. The molecule has 0 spiro atoms. The van der Waals surface area contributed by atoms with Gasteiger partial charge in [-0.3, -0.25) is 9.59 Å². The third-order valence-corrected chi connectivity index (χ3v) is 7.05. The van der Waals surface area contributed by atoms with E-state index in [2.05, 4.69) is 23.5 Å². The zero-order valence-electron chi connectivity index (χ0n) is 24.8. The number of amides is 3. The molecular formula is C32H49N3O4. The van der Waals surface area contributed by atoms with E-state index in [4.69, 9.17) is 11.2 Å². The largest absolute Gasteiger partial charge is 0.444 e. The number of carbonyl (C=O) groups is 3. The van der Waals surface area contributed by atoms with E-state index in [-0.39, 0.29) is 23.8 Å². The Hall–Kier alpha value is -3.01. The fourth-order valence-electron chi connectivity index (χ4n) is 4.96. The van der Waals surface area contributed by atoms with Gasteiger partial charge in [-0.15, -0.1) is 6.42 Å². The monoisotopic (exact) mass is 539 g/mol. The second-order valence-electron chi connectivity index (χ2n) is 12.0.